The van der Waals surface area contributed by atoms with Crippen LogP contribution in [0.3, 0.4) is 0 Å². The molecule has 0 aromatic heterocycles. The van der Waals surface area contributed by atoms with Gasteiger partial charge in [0.15, 0.2) is 0 Å². The first kappa shape index (κ1) is 18.0. The van der Waals surface area contributed by atoms with Crippen LogP contribution in [0.1, 0.15) is 32.1 Å². The fraction of sp³-hybridized carbons (Fsp3) is 0.500. The van der Waals surface area contributed by atoms with Gasteiger partial charge in [-0.3, -0.25) is 9.59 Å². The summed E-state index contributed by atoms with van der Waals surface area (Å²) < 4.78 is 5.14. The van der Waals surface area contributed by atoms with Crippen molar-refractivity contribution in [2.75, 3.05) is 18.5 Å². The molecule has 7 heteroatoms. The third-order valence-electron chi connectivity index (χ3n) is 3.66. The van der Waals surface area contributed by atoms with E-state index in [9.17, 15) is 9.59 Å². The molecule has 0 bridgehead atoms. The summed E-state index contributed by atoms with van der Waals surface area (Å²) >= 11 is 11.8. The molecule has 1 aromatic rings. The first-order valence-electron chi connectivity index (χ1n) is 7.67. The van der Waals surface area contributed by atoms with Gasteiger partial charge in [-0.15, -0.1) is 0 Å². The molecule has 1 saturated carbocycles. The number of hydrogen-bond acceptors (Lipinski definition) is 3. The van der Waals surface area contributed by atoms with Crippen LogP contribution in [-0.2, 0) is 14.3 Å². The largest absolute Gasteiger partial charge is 0.362 e. The van der Waals surface area contributed by atoms with E-state index in [1.807, 2.05) is 0 Å². The average Bonchev–Trinajstić information content (AvgIpc) is 2.53. The van der Waals surface area contributed by atoms with E-state index in [-0.39, 0.29) is 36.1 Å². The molecule has 126 valence electrons. The summed E-state index contributed by atoms with van der Waals surface area (Å²) in [6.45, 7) is -0.353. The SMILES string of the molecule is O=C(COCC(=O)NC1CCCCC1)Nc1cccc(Cl)c1Cl. The number of nitrogens with one attached hydrogen (secondary N) is 2. The van der Waals surface area contributed by atoms with Crippen molar-refractivity contribution in [1.82, 2.24) is 5.32 Å². The van der Waals surface area contributed by atoms with Gasteiger partial charge in [0.2, 0.25) is 11.8 Å². The molecule has 2 N–H and O–H groups in total. The quantitative estimate of drug-likeness (QED) is 0.818. The Hall–Kier alpha value is -1.30. The second-order valence-corrected chi connectivity index (χ2v) is 6.33. The van der Waals surface area contributed by atoms with E-state index < -0.39 is 0 Å². The van der Waals surface area contributed by atoms with Crippen molar-refractivity contribution < 1.29 is 14.3 Å². The van der Waals surface area contributed by atoms with Crippen LogP contribution < -0.4 is 10.6 Å². The summed E-state index contributed by atoms with van der Waals surface area (Å²) in [6, 6.07) is 5.19. The lowest BCUT2D eigenvalue weighted by Crippen LogP contribution is -2.38. The van der Waals surface area contributed by atoms with Crippen LogP contribution in [0.15, 0.2) is 18.2 Å². The zero-order chi connectivity index (χ0) is 16.7. The van der Waals surface area contributed by atoms with Crippen molar-refractivity contribution in [3.05, 3.63) is 28.2 Å². The molecule has 0 atom stereocenters. The van der Waals surface area contributed by atoms with Gasteiger partial charge in [0.1, 0.15) is 13.2 Å². The molecule has 1 aromatic carbocycles. The predicted molar refractivity (Wildman–Crippen MR) is 90.9 cm³/mol. The van der Waals surface area contributed by atoms with Crippen molar-refractivity contribution in [3.8, 4) is 0 Å². The molecular weight excluding hydrogens is 339 g/mol. The van der Waals surface area contributed by atoms with E-state index >= 15 is 0 Å². The number of amides is 2. The lowest BCUT2D eigenvalue weighted by atomic mass is 9.95. The Morgan fingerprint density at radius 2 is 1.78 bits per heavy atom. The Morgan fingerprint density at radius 1 is 1.09 bits per heavy atom. The standard InChI is InChI=1S/C16H20Cl2N2O3/c17-12-7-4-8-13(16(12)18)20-15(22)10-23-9-14(21)19-11-5-2-1-3-6-11/h4,7-8,11H,1-3,5-6,9-10H2,(H,19,21)(H,20,22). The highest BCUT2D eigenvalue weighted by atomic mass is 35.5. The van der Waals surface area contributed by atoms with Gasteiger partial charge in [0.25, 0.3) is 0 Å². The maximum Gasteiger partial charge on any atom is 0.250 e. The van der Waals surface area contributed by atoms with Gasteiger partial charge in [0, 0.05) is 6.04 Å². The van der Waals surface area contributed by atoms with E-state index in [0.717, 1.165) is 25.7 Å². The fourth-order valence-electron chi connectivity index (χ4n) is 2.54. The van der Waals surface area contributed by atoms with E-state index in [0.29, 0.717) is 10.7 Å². The number of anilines is 1. The molecule has 0 radical (unpaired) electrons. The fourth-order valence-corrected chi connectivity index (χ4v) is 2.89. The number of carbonyl (C=O) groups is 2. The van der Waals surface area contributed by atoms with Gasteiger partial charge in [-0.2, -0.15) is 0 Å². The summed E-state index contributed by atoms with van der Waals surface area (Å²) in [7, 11) is 0. The summed E-state index contributed by atoms with van der Waals surface area (Å²) in [5.74, 6) is -0.579. The Labute approximate surface area is 145 Å². The first-order chi connectivity index (χ1) is 11.1. The second-order valence-electron chi connectivity index (χ2n) is 5.54. The molecule has 2 amide bonds. The number of rotatable bonds is 6. The highest BCUT2D eigenvalue weighted by molar-refractivity contribution is 6.43. The second kappa shape index (κ2) is 9.11. The van der Waals surface area contributed by atoms with Gasteiger partial charge >= 0.3 is 0 Å². The Bertz CT molecular complexity index is 560. The summed E-state index contributed by atoms with van der Waals surface area (Å²) in [6.07, 6.45) is 5.55. The number of benzene rings is 1. The number of halogens is 2. The lowest BCUT2D eigenvalue weighted by Gasteiger charge is -2.22. The molecule has 0 saturated heterocycles. The van der Waals surface area contributed by atoms with Crippen LogP contribution in [0.5, 0.6) is 0 Å². The molecule has 0 heterocycles. The normalized spacial score (nSPS) is 15.2. The van der Waals surface area contributed by atoms with E-state index in [1.165, 1.54) is 6.42 Å². The van der Waals surface area contributed by atoms with Crippen LogP contribution in [0.2, 0.25) is 10.0 Å². The Morgan fingerprint density at radius 3 is 2.52 bits per heavy atom. The zero-order valence-electron chi connectivity index (χ0n) is 12.7. The molecule has 2 rings (SSSR count). The van der Waals surface area contributed by atoms with Crippen molar-refractivity contribution in [1.29, 1.82) is 0 Å². The molecule has 1 fully saturated rings. The third-order valence-corrected chi connectivity index (χ3v) is 4.48. The Kier molecular flexibility index (Phi) is 7.15. The summed E-state index contributed by atoms with van der Waals surface area (Å²) in [5, 5.41) is 6.15. The maximum atomic E-state index is 11.8. The summed E-state index contributed by atoms with van der Waals surface area (Å²) in [5.41, 5.74) is 0.416. The van der Waals surface area contributed by atoms with E-state index in [4.69, 9.17) is 27.9 Å². The minimum absolute atomic E-state index is 0.132. The Balaban J connectivity index is 1.68. The van der Waals surface area contributed by atoms with Crippen molar-refractivity contribution in [2.45, 2.75) is 38.1 Å². The van der Waals surface area contributed by atoms with Crippen LogP contribution in [0.25, 0.3) is 0 Å². The minimum atomic E-state index is -0.389. The van der Waals surface area contributed by atoms with Gasteiger partial charge in [-0.05, 0) is 25.0 Å². The topological polar surface area (TPSA) is 67.4 Å². The van der Waals surface area contributed by atoms with Crippen LogP contribution >= 0.6 is 23.2 Å². The van der Waals surface area contributed by atoms with Gasteiger partial charge in [-0.25, -0.2) is 0 Å². The smallest absolute Gasteiger partial charge is 0.250 e. The molecular formula is C16H20Cl2N2O3. The van der Waals surface area contributed by atoms with Gasteiger partial charge in [0.05, 0.1) is 15.7 Å². The monoisotopic (exact) mass is 358 g/mol. The van der Waals surface area contributed by atoms with Gasteiger partial charge in [-0.1, -0.05) is 48.5 Å². The van der Waals surface area contributed by atoms with Crippen LogP contribution in [0.4, 0.5) is 5.69 Å². The number of carbonyl (C=O) groups excluding carboxylic acids is 2. The van der Waals surface area contributed by atoms with E-state index in [1.54, 1.807) is 18.2 Å². The molecule has 0 aliphatic heterocycles. The van der Waals surface area contributed by atoms with Gasteiger partial charge < -0.3 is 15.4 Å². The van der Waals surface area contributed by atoms with Crippen molar-refractivity contribution in [3.63, 3.8) is 0 Å². The highest BCUT2D eigenvalue weighted by Crippen LogP contribution is 2.29. The van der Waals surface area contributed by atoms with Crippen LogP contribution in [0, 0.1) is 0 Å². The first-order valence-corrected chi connectivity index (χ1v) is 8.43. The molecule has 0 unspecified atom stereocenters. The molecule has 23 heavy (non-hydrogen) atoms. The average molecular weight is 359 g/mol. The third kappa shape index (κ3) is 6.01. The predicted octanol–water partition coefficient (Wildman–Crippen LogP) is 3.40. The minimum Gasteiger partial charge on any atom is -0.362 e. The molecule has 1 aliphatic carbocycles. The molecule has 0 spiro atoms. The molecule has 5 nitrogen and oxygen atoms in total. The van der Waals surface area contributed by atoms with Crippen molar-refractivity contribution in [2.24, 2.45) is 0 Å². The van der Waals surface area contributed by atoms with Crippen molar-refractivity contribution >= 4 is 40.7 Å². The lowest BCUT2D eigenvalue weighted by molar-refractivity contribution is -0.129. The maximum absolute atomic E-state index is 11.8. The summed E-state index contributed by atoms with van der Waals surface area (Å²) in [4.78, 5) is 23.5. The number of ether oxygens (including phenoxy) is 1. The zero-order valence-corrected chi connectivity index (χ0v) is 14.3. The van der Waals surface area contributed by atoms with E-state index in [2.05, 4.69) is 10.6 Å². The van der Waals surface area contributed by atoms with Crippen LogP contribution in [-0.4, -0.2) is 31.1 Å². The highest BCUT2D eigenvalue weighted by Gasteiger charge is 2.16. The molecule has 1 aliphatic rings. The number of hydrogen-bond donors (Lipinski definition) is 2.